The molecule has 2 aliphatic rings. The monoisotopic (exact) mass is 319 g/mol. The number of aromatic nitrogens is 2. The van der Waals surface area contributed by atoms with Gasteiger partial charge in [-0.05, 0) is 38.5 Å². The van der Waals surface area contributed by atoms with Crippen LogP contribution < -0.4 is 0 Å². The molecule has 0 aromatic carbocycles. The first-order valence-corrected chi connectivity index (χ1v) is 8.68. The Morgan fingerprint density at radius 2 is 2.10 bits per heavy atom. The molecule has 3 rings (SSSR count). The summed E-state index contributed by atoms with van der Waals surface area (Å²) < 4.78 is 40.8. The molecule has 0 saturated carbocycles. The van der Waals surface area contributed by atoms with E-state index in [1.165, 1.54) is 4.57 Å². The fraction of sp³-hybridized carbons (Fsp3) is 0.786. The highest BCUT2D eigenvalue weighted by atomic mass is 32.2. The fourth-order valence-electron chi connectivity index (χ4n) is 3.31. The highest BCUT2D eigenvalue weighted by Gasteiger charge is 2.39. The van der Waals surface area contributed by atoms with E-state index in [1.807, 2.05) is 11.8 Å². The normalized spacial score (nSPS) is 23.5. The Hall–Kier alpha value is -0.690. The number of likely N-dealkylation sites (tertiary alicyclic amines) is 1. The van der Waals surface area contributed by atoms with E-state index in [0.29, 0.717) is 24.0 Å². The fourth-order valence-corrected chi connectivity index (χ4v) is 4.01. The molecule has 3 heterocycles. The maximum Gasteiger partial charge on any atom is 0.449 e. The van der Waals surface area contributed by atoms with Crippen LogP contribution >= 0.6 is 11.8 Å². The smallest absolute Gasteiger partial charge is 0.324 e. The van der Waals surface area contributed by atoms with Gasteiger partial charge in [-0.25, -0.2) is 4.98 Å². The average Bonchev–Trinajstić information content (AvgIpc) is 3.04. The van der Waals surface area contributed by atoms with E-state index in [2.05, 4.69) is 16.1 Å². The zero-order valence-electron chi connectivity index (χ0n) is 12.1. The van der Waals surface area contributed by atoms with Crippen molar-refractivity contribution in [1.82, 2.24) is 14.5 Å². The first-order chi connectivity index (χ1) is 9.99. The minimum atomic E-state index is -4.35. The van der Waals surface area contributed by atoms with Crippen LogP contribution in [0.3, 0.4) is 0 Å². The molecule has 1 saturated heterocycles. The predicted molar refractivity (Wildman–Crippen MR) is 77.4 cm³/mol. The second-order valence-electron chi connectivity index (χ2n) is 5.82. The molecule has 0 radical (unpaired) electrons. The molecule has 21 heavy (non-hydrogen) atoms. The van der Waals surface area contributed by atoms with Crippen LogP contribution in [0.5, 0.6) is 0 Å². The van der Waals surface area contributed by atoms with Gasteiger partial charge in [0.1, 0.15) is 0 Å². The summed E-state index contributed by atoms with van der Waals surface area (Å²) >= 11 is 1.84. The summed E-state index contributed by atoms with van der Waals surface area (Å²) in [6, 6.07) is 0. The van der Waals surface area contributed by atoms with Crippen molar-refractivity contribution in [3.63, 3.8) is 0 Å². The minimum Gasteiger partial charge on any atom is -0.324 e. The van der Waals surface area contributed by atoms with Crippen LogP contribution in [0.2, 0.25) is 0 Å². The third kappa shape index (κ3) is 3.08. The van der Waals surface area contributed by atoms with E-state index >= 15 is 0 Å². The summed E-state index contributed by atoms with van der Waals surface area (Å²) in [5.41, 5.74) is 1.45. The molecule has 1 atom stereocenters. The Kier molecular flexibility index (Phi) is 4.23. The lowest BCUT2D eigenvalue weighted by atomic mass is 10.1. The van der Waals surface area contributed by atoms with E-state index in [9.17, 15) is 13.2 Å². The van der Waals surface area contributed by atoms with Crippen molar-refractivity contribution in [3.8, 4) is 0 Å². The number of hydrogen-bond donors (Lipinski definition) is 0. The Morgan fingerprint density at radius 3 is 2.76 bits per heavy atom. The summed E-state index contributed by atoms with van der Waals surface area (Å²) in [6.07, 6.45) is 1.35. The van der Waals surface area contributed by atoms with Crippen LogP contribution in [0.25, 0.3) is 0 Å². The number of thioether (sulfide) groups is 1. The Labute approximate surface area is 126 Å². The lowest BCUT2D eigenvalue weighted by molar-refractivity contribution is -0.147. The Bertz CT molecular complexity index is 512. The van der Waals surface area contributed by atoms with Gasteiger partial charge in [-0.1, -0.05) is 0 Å². The third-order valence-corrected chi connectivity index (χ3v) is 5.44. The molecule has 3 nitrogen and oxygen atoms in total. The second-order valence-corrected chi connectivity index (χ2v) is 6.95. The lowest BCUT2D eigenvalue weighted by Crippen LogP contribution is -2.22. The molecule has 118 valence electrons. The van der Waals surface area contributed by atoms with Crippen molar-refractivity contribution in [2.24, 2.45) is 0 Å². The van der Waals surface area contributed by atoms with Crippen LogP contribution in [0.4, 0.5) is 13.2 Å². The number of alkyl halides is 3. The van der Waals surface area contributed by atoms with Crippen molar-refractivity contribution >= 4 is 11.8 Å². The molecule has 0 N–H and O–H groups in total. The Morgan fingerprint density at radius 1 is 1.29 bits per heavy atom. The summed E-state index contributed by atoms with van der Waals surface area (Å²) in [6.45, 7) is 2.92. The molecule has 1 fully saturated rings. The van der Waals surface area contributed by atoms with Crippen molar-refractivity contribution in [2.75, 3.05) is 19.3 Å². The van der Waals surface area contributed by atoms with Crippen molar-refractivity contribution < 1.29 is 13.2 Å². The minimum absolute atomic E-state index is 0.449. The van der Waals surface area contributed by atoms with Gasteiger partial charge >= 0.3 is 6.18 Å². The zero-order valence-corrected chi connectivity index (χ0v) is 12.9. The van der Waals surface area contributed by atoms with Crippen LogP contribution in [0.15, 0.2) is 0 Å². The SMILES string of the molecule is CSC1CCN(Cc2nc(C(F)(F)F)n3c2CCCC3)C1. The largest absolute Gasteiger partial charge is 0.449 e. The van der Waals surface area contributed by atoms with Crippen LogP contribution in [0, 0.1) is 0 Å². The van der Waals surface area contributed by atoms with Crippen molar-refractivity contribution in [2.45, 2.75) is 50.2 Å². The lowest BCUT2D eigenvalue weighted by Gasteiger charge is -2.19. The molecule has 7 heteroatoms. The van der Waals surface area contributed by atoms with Crippen molar-refractivity contribution in [1.29, 1.82) is 0 Å². The number of rotatable bonds is 3. The number of halogens is 3. The molecule has 2 aliphatic heterocycles. The third-order valence-electron chi connectivity index (χ3n) is 4.39. The number of hydrogen-bond acceptors (Lipinski definition) is 3. The van der Waals surface area contributed by atoms with Gasteiger partial charge in [-0.15, -0.1) is 0 Å². The molecule has 1 unspecified atom stereocenters. The first kappa shape index (κ1) is 15.2. The molecular weight excluding hydrogens is 299 g/mol. The van der Waals surface area contributed by atoms with Gasteiger partial charge in [0.25, 0.3) is 0 Å². The van der Waals surface area contributed by atoms with Crippen molar-refractivity contribution in [3.05, 3.63) is 17.2 Å². The average molecular weight is 319 g/mol. The van der Waals surface area contributed by atoms with Gasteiger partial charge in [0.05, 0.1) is 5.69 Å². The van der Waals surface area contributed by atoms with E-state index < -0.39 is 12.0 Å². The van der Waals surface area contributed by atoms with Gasteiger partial charge in [0, 0.05) is 30.6 Å². The highest BCUT2D eigenvalue weighted by molar-refractivity contribution is 7.99. The second kappa shape index (κ2) is 5.83. The molecule has 1 aromatic heterocycles. The standard InChI is InChI=1S/C14H20F3N3S/c1-21-10-5-7-19(8-10)9-11-12-4-2-3-6-20(12)13(18-11)14(15,16)17/h10H,2-9H2,1H3. The van der Waals surface area contributed by atoms with Gasteiger partial charge in [0.2, 0.25) is 5.82 Å². The van der Waals surface area contributed by atoms with Gasteiger partial charge in [0.15, 0.2) is 0 Å². The van der Waals surface area contributed by atoms with E-state index in [0.717, 1.165) is 44.5 Å². The number of fused-ring (bicyclic) bond motifs is 1. The van der Waals surface area contributed by atoms with Gasteiger partial charge < -0.3 is 4.57 Å². The summed E-state index contributed by atoms with van der Waals surface area (Å²) in [7, 11) is 0. The van der Waals surface area contributed by atoms with Crippen LogP contribution in [-0.2, 0) is 25.7 Å². The molecule has 0 spiro atoms. The summed E-state index contributed by atoms with van der Waals surface area (Å²) in [5, 5.41) is 0.602. The van der Waals surface area contributed by atoms with Crippen LogP contribution in [0.1, 0.15) is 36.5 Å². The predicted octanol–water partition coefficient (Wildman–Crippen LogP) is 3.18. The summed E-state index contributed by atoms with van der Waals surface area (Å²) in [5.74, 6) is -0.701. The van der Waals surface area contributed by atoms with E-state index in [1.54, 1.807) is 0 Å². The molecule has 1 aromatic rings. The molecule has 0 aliphatic carbocycles. The van der Waals surface area contributed by atoms with Crippen LogP contribution in [-0.4, -0.2) is 39.0 Å². The molecule has 0 bridgehead atoms. The molecular formula is C14H20F3N3S. The topological polar surface area (TPSA) is 21.1 Å². The van der Waals surface area contributed by atoms with E-state index in [-0.39, 0.29) is 0 Å². The van der Waals surface area contributed by atoms with E-state index in [4.69, 9.17) is 0 Å². The highest BCUT2D eigenvalue weighted by Crippen LogP contribution is 2.33. The van der Waals surface area contributed by atoms with Gasteiger partial charge in [-0.2, -0.15) is 24.9 Å². The molecule has 0 amide bonds. The zero-order chi connectivity index (χ0) is 15.0. The summed E-state index contributed by atoms with van der Waals surface area (Å²) in [4.78, 5) is 6.20. The maximum absolute atomic E-state index is 13.1. The number of nitrogens with zero attached hydrogens (tertiary/aromatic N) is 3. The number of imidazole rings is 1. The first-order valence-electron chi connectivity index (χ1n) is 7.39. The quantitative estimate of drug-likeness (QED) is 0.854. The van der Waals surface area contributed by atoms with Gasteiger partial charge in [-0.3, -0.25) is 4.90 Å². The Balaban J connectivity index is 1.84. The maximum atomic E-state index is 13.1.